The van der Waals surface area contributed by atoms with Gasteiger partial charge in [0.1, 0.15) is 5.82 Å². The van der Waals surface area contributed by atoms with Gasteiger partial charge < -0.3 is 4.57 Å². The number of imidazole rings is 1. The van der Waals surface area contributed by atoms with Gasteiger partial charge in [0, 0.05) is 31.4 Å². The highest BCUT2D eigenvalue weighted by atomic mass is 15.2. The number of aryl methyl sites for hydroxylation is 1. The van der Waals surface area contributed by atoms with Crippen LogP contribution in [0.25, 0.3) is 0 Å². The molecule has 1 saturated carbocycles. The third kappa shape index (κ3) is 3.07. The molecule has 0 aliphatic heterocycles. The Morgan fingerprint density at radius 1 is 1.53 bits per heavy atom. The average Bonchev–Trinajstić information content (AvgIpc) is 2.97. The average molecular weight is 236 g/mol. The van der Waals surface area contributed by atoms with Crippen molar-refractivity contribution in [3.63, 3.8) is 0 Å². The van der Waals surface area contributed by atoms with Gasteiger partial charge in [-0.25, -0.2) is 4.98 Å². The molecule has 1 atom stereocenters. The van der Waals surface area contributed by atoms with Crippen molar-refractivity contribution in [2.75, 3.05) is 0 Å². The van der Waals surface area contributed by atoms with Crippen molar-refractivity contribution in [3.05, 3.63) is 18.2 Å². The van der Waals surface area contributed by atoms with Gasteiger partial charge in [-0.2, -0.15) is 0 Å². The lowest BCUT2D eigenvalue weighted by Crippen LogP contribution is -2.42. The predicted molar refractivity (Wildman–Crippen MR) is 69.3 cm³/mol. The standard InChI is InChI=1S/C13H24N4/c1-2-8-17-9-7-15-13(17)10-12(16-14)11-5-3-4-6-11/h7,9,11-12,16H,2-6,8,10,14H2,1H3. The van der Waals surface area contributed by atoms with Crippen LogP contribution in [-0.2, 0) is 13.0 Å². The summed E-state index contributed by atoms with van der Waals surface area (Å²) >= 11 is 0. The first-order valence-electron chi connectivity index (χ1n) is 6.81. The van der Waals surface area contributed by atoms with Crippen LogP contribution in [0.15, 0.2) is 12.4 Å². The van der Waals surface area contributed by atoms with Gasteiger partial charge in [-0.15, -0.1) is 0 Å². The molecule has 1 unspecified atom stereocenters. The van der Waals surface area contributed by atoms with Crippen molar-refractivity contribution in [2.45, 2.75) is 58.0 Å². The van der Waals surface area contributed by atoms with E-state index in [1.807, 2.05) is 6.20 Å². The highest BCUT2D eigenvalue weighted by Crippen LogP contribution is 2.28. The number of nitrogens with zero attached hydrogens (tertiary/aromatic N) is 2. The number of hydrogen-bond acceptors (Lipinski definition) is 3. The molecule has 0 radical (unpaired) electrons. The number of hydrogen-bond donors (Lipinski definition) is 2. The molecule has 2 rings (SSSR count). The first-order valence-corrected chi connectivity index (χ1v) is 6.81. The molecule has 96 valence electrons. The Morgan fingerprint density at radius 2 is 2.29 bits per heavy atom. The minimum atomic E-state index is 0.385. The summed E-state index contributed by atoms with van der Waals surface area (Å²) in [6.07, 6.45) is 11.4. The van der Waals surface area contributed by atoms with E-state index in [0.29, 0.717) is 6.04 Å². The van der Waals surface area contributed by atoms with E-state index in [4.69, 9.17) is 5.84 Å². The monoisotopic (exact) mass is 236 g/mol. The minimum Gasteiger partial charge on any atom is -0.335 e. The molecule has 1 aliphatic carbocycles. The molecule has 1 fully saturated rings. The molecule has 0 spiro atoms. The number of hydrazine groups is 1. The fraction of sp³-hybridized carbons (Fsp3) is 0.769. The molecule has 1 aromatic rings. The second-order valence-electron chi connectivity index (χ2n) is 5.06. The van der Waals surface area contributed by atoms with E-state index in [2.05, 4.69) is 28.1 Å². The van der Waals surface area contributed by atoms with Crippen LogP contribution in [0.4, 0.5) is 0 Å². The fourth-order valence-corrected chi connectivity index (χ4v) is 2.89. The maximum Gasteiger partial charge on any atom is 0.110 e. The summed E-state index contributed by atoms with van der Waals surface area (Å²) in [5, 5.41) is 0. The molecule has 4 heteroatoms. The quantitative estimate of drug-likeness (QED) is 0.585. The lowest BCUT2D eigenvalue weighted by atomic mass is 9.95. The van der Waals surface area contributed by atoms with Crippen molar-refractivity contribution in [1.29, 1.82) is 0 Å². The van der Waals surface area contributed by atoms with E-state index in [9.17, 15) is 0 Å². The van der Waals surface area contributed by atoms with Gasteiger partial charge >= 0.3 is 0 Å². The summed E-state index contributed by atoms with van der Waals surface area (Å²) in [5.41, 5.74) is 3.00. The molecule has 0 aromatic carbocycles. The molecule has 4 nitrogen and oxygen atoms in total. The highest BCUT2D eigenvalue weighted by Gasteiger charge is 2.25. The topological polar surface area (TPSA) is 55.9 Å². The number of nitrogens with one attached hydrogen (secondary N) is 1. The molecular weight excluding hydrogens is 212 g/mol. The predicted octanol–water partition coefficient (Wildman–Crippen LogP) is 1.86. The van der Waals surface area contributed by atoms with Crippen molar-refractivity contribution < 1.29 is 0 Å². The molecule has 3 N–H and O–H groups in total. The number of nitrogens with two attached hydrogens (primary N) is 1. The first-order chi connectivity index (χ1) is 8.35. The minimum absolute atomic E-state index is 0.385. The van der Waals surface area contributed by atoms with Crippen molar-refractivity contribution in [1.82, 2.24) is 15.0 Å². The van der Waals surface area contributed by atoms with Crippen molar-refractivity contribution >= 4 is 0 Å². The highest BCUT2D eigenvalue weighted by molar-refractivity contribution is 4.97. The lowest BCUT2D eigenvalue weighted by Gasteiger charge is -2.22. The van der Waals surface area contributed by atoms with Crippen LogP contribution in [0.5, 0.6) is 0 Å². The largest absolute Gasteiger partial charge is 0.335 e. The van der Waals surface area contributed by atoms with E-state index >= 15 is 0 Å². The fourth-order valence-electron chi connectivity index (χ4n) is 2.89. The number of aromatic nitrogens is 2. The zero-order valence-electron chi connectivity index (χ0n) is 10.7. The van der Waals surface area contributed by atoms with Crippen LogP contribution in [0.2, 0.25) is 0 Å². The second kappa shape index (κ2) is 6.17. The SMILES string of the molecule is CCCn1ccnc1CC(NN)C1CCCC1. The maximum atomic E-state index is 5.71. The number of rotatable bonds is 6. The van der Waals surface area contributed by atoms with Gasteiger partial charge in [-0.3, -0.25) is 11.3 Å². The Balaban J connectivity index is 1.99. The van der Waals surface area contributed by atoms with Gasteiger partial charge in [-0.1, -0.05) is 19.8 Å². The van der Waals surface area contributed by atoms with Crippen molar-refractivity contribution in [3.8, 4) is 0 Å². The van der Waals surface area contributed by atoms with Gasteiger partial charge in [0.25, 0.3) is 0 Å². The van der Waals surface area contributed by atoms with E-state index in [-0.39, 0.29) is 0 Å². The van der Waals surface area contributed by atoms with E-state index in [1.165, 1.54) is 31.5 Å². The van der Waals surface area contributed by atoms with Gasteiger partial charge in [0.15, 0.2) is 0 Å². The third-order valence-corrected chi connectivity index (χ3v) is 3.85. The third-order valence-electron chi connectivity index (χ3n) is 3.85. The Kier molecular flexibility index (Phi) is 4.57. The summed E-state index contributed by atoms with van der Waals surface area (Å²) in [6.45, 7) is 3.25. The summed E-state index contributed by atoms with van der Waals surface area (Å²) in [4.78, 5) is 4.46. The second-order valence-corrected chi connectivity index (χ2v) is 5.06. The van der Waals surface area contributed by atoms with Crippen LogP contribution >= 0.6 is 0 Å². The van der Waals surface area contributed by atoms with Crippen molar-refractivity contribution in [2.24, 2.45) is 11.8 Å². The van der Waals surface area contributed by atoms with Gasteiger partial charge in [-0.05, 0) is 25.2 Å². The van der Waals surface area contributed by atoms with Crippen LogP contribution in [0, 0.1) is 5.92 Å². The van der Waals surface area contributed by atoms with Crippen LogP contribution in [0.1, 0.15) is 44.9 Å². The first kappa shape index (κ1) is 12.6. The van der Waals surface area contributed by atoms with Gasteiger partial charge in [0.05, 0.1) is 0 Å². The summed E-state index contributed by atoms with van der Waals surface area (Å²) in [6, 6.07) is 0.385. The molecule has 0 bridgehead atoms. The Bertz CT molecular complexity index is 328. The molecule has 0 amide bonds. The molecule has 1 aliphatic rings. The molecular formula is C13H24N4. The Morgan fingerprint density at radius 3 is 2.94 bits per heavy atom. The molecule has 1 aromatic heterocycles. The lowest BCUT2D eigenvalue weighted by molar-refractivity contribution is 0.352. The van der Waals surface area contributed by atoms with Crippen LogP contribution in [-0.4, -0.2) is 15.6 Å². The zero-order valence-corrected chi connectivity index (χ0v) is 10.7. The van der Waals surface area contributed by atoms with E-state index in [1.54, 1.807) is 0 Å². The normalized spacial score (nSPS) is 18.7. The van der Waals surface area contributed by atoms with Crippen LogP contribution < -0.4 is 11.3 Å². The smallest absolute Gasteiger partial charge is 0.110 e. The maximum absolute atomic E-state index is 5.71. The molecule has 17 heavy (non-hydrogen) atoms. The van der Waals surface area contributed by atoms with Gasteiger partial charge in [0.2, 0.25) is 0 Å². The van der Waals surface area contributed by atoms with Crippen LogP contribution in [0.3, 0.4) is 0 Å². The zero-order chi connectivity index (χ0) is 12.1. The molecule has 0 saturated heterocycles. The summed E-state index contributed by atoms with van der Waals surface area (Å²) < 4.78 is 2.25. The summed E-state index contributed by atoms with van der Waals surface area (Å²) in [7, 11) is 0. The van der Waals surface area contributed by atoms with E-state index in [0.717, 1.165) is 25.3 Å². The van der Waals surface area contributed by atoms with E-state index < -0.39 is 0 Å². The summed E-state index contributed by atoms with van der Waals surface area (Å²) in [5.74, 6) is 7.60. The molecule has 1 heterocycles. The Hall–Kier alpha value is -0.870. The Labute approximate surface area is 104 Å².